The summed E-state index contributed by atoms with van der Waals surface area (Å²) >= 11 is 6.22. The topological polar surface area (TPSA) is 83.9 Å². The van der Waals surface area contributed by atoms with Gasteiger partial charge in [0.2, 0.25) is 10.0 Å². The van der Waals surface area contributed by atoms with Gasteiger partial charge in [0.15, 0.2) is 6.10 Å². The van der Waals surface area contributed by atoms with Crippen LogP contribution in [-0.2, 0) is 26.1 Å². The Bertz CT molecular complexity index is 1630. The molecule has 10 heteroatoms. The molecule has 4 rings (SSSR count). The van der Waals surface area contributed by atoms with Crippen LogP contribution in [0.5, 0.6) is 0 Å². The highest BCUT2D eigenvalue weighted by Gasteiger charge is 2.40. The van der Waals surface area contributed by atoms with Crippen LogP contribution in [0, 0.1) is 32.4 Å². The second-order valence-electron chi connectivity index (χ2n) is 10.8. The smallest absolute Gasteiger partial charge is 0.337 e. The lowest BCUT2D eigenvalue weighted by Gasteiger charge is -2.37. The number of sulfonamides is 1. The van der Waals surface area contributed by atoms with Crippen LogP contribution in [0.15, 0.2) is 30.3 Å². The number of hydrogen-bond donors (Lipinski definition) is 1. The number of benzene rings is 3. The van der Waals surface area contributed by atoms with Crippen molar-refractivity contribution < 1.29 is 31.8 Å². The van der Waals surface area contributed by atoms with Gasteiger partial charge in [-0.2, -0.15) is 0 Å². The second-order valence-corrected chi connectivity index (χ2v) is 13.2. The van der Waals surface area contributed by atoms with Crippen molar-refractivity contribution in [1.29, 1.82) is 0 Å². The maximum atomic E-state index is 15.5. The molecule has 0 saturated heterocycles. The number of fused-ring (bicyclic) bond motifs is 3. The average molecular weight is 578 g/mol. The van der Waals surface area contributed by atoms with Crippen molar-refractivity contribution in [2.45, 2.75) is 59.8 Å². The Kier molecular flexibility index (Phi) is 7.34. The Balaban J connectivity index is 2.29. The minimum absolute atomic E-state index is 0.0477. The van der Waals surface area contributed by atoms with Gasteiger partial charge >= 0.3 is 5.97 Å². The van der Waals surface area contributed by atoms with E-state index >= 15 is 8.78 Å². The van der Waals surface area contributed by atoms with Gasteiger partial charge in [-0.3, -0.25) is 4.31 Å². The number of halogens is 3. The SMILES string of the molecule is Cc1cc(Cl)ccc1-c1c(C)c2c(c(C)c1[C@H](OC(C)(C)C)C(=O)O)N(S(C)(=O)=O)Cc1c(F)ccc(F)c1-2. The van der Waals surface area contributed by atoms with Crippen molar-refractivity contribution in [1.82, 2.24) is 0 Å². The number of anilines is 1. The van der Waals surface area contributed by atoms with E-state index in [9.17, 15) is 18.3 Å². The fraction of sp³-hybridized carbons (Fsp3) is 0.345. The number of carbonyl (C=O) groups is 1. The van der Waals surface area contributed by atoms with Crippen molar-refractivity contribution in [3.8, 4) is 22.3 Å². The van der Waals surface area contributed by atoms with Gasteiger partial charge in [-0.1, -0.05) is 17.7 Å². The van der Waals surface area contributed by atoms with Crippen LogP contribution in [0.4, 0.5) is 14.5 Å². The van der Waals surface area contributed by atoms with Gasteiger partial charge in [-0.15, -0.1) is 0 Å². The summed E-state index contributed by atoms with van der Waals surface area (Å²) in [5.41, 5.74) is 1.90. The van der Waals surface area contributed by atoms with Crippen molar-refractivity contribution in [3.63, 3.8) is 0 Å². The molecular formula is C29H30ClF2NO5S. The third kappa shape index (κ3) is 5.15. The molecule has 6 nitrogen and oxygen atoms in total. The molecule has 3 aromatic carbocycles. The largest absolute Gasteiger partial charge is 0.479 e. The molecule has 0 radical (unpaired) electrons. The standard InChI is InChI=1S/C29H30ClF2NO5S/c1-14-12-17(30)8-9-18(14)22-15(2)23-25-19(20(31)10-11-21(25)32)13-33(39(7,36)37)26(23)16(3)24(22)27(28(34)35)38-29(4,5)6/h8-12,27H,13H2,1-7H3,(H,34,35)/t27-/m0/s1. The molecule has 0 saturated carbocycles. The van der Waals surface area contributed by atoms with E-state index in [1.807, 2.05) is 0 Å². The van der Waals surface area contributed by atoms with Crippen molar-refractivity contribution in [3.05, 3.63) is 74.8 Å². The van der Waals surface area contributed by atoms with E-state index < -0.39 is 45.9 Å². The molecule has 1 N–H and O–H groups in total. The van der Waals surface area contributed by atoms with Crippen molar-refractivity contribution >= 4 is 33.3 Å². The molecule has 0 aromatic heterocycles. The Morgan fingerprint density at radius 3 is 2.18 bits per heavy atom. The molecule has 0 amide bonds. The second kappa shape index (κ2) is 9.87. The van der Waals surface area contributed by atoms with Crippen LogP contribution in [0.1, 0.15) is 54.7 Å². The van der Waals surface area contributed by atoms with Gasteiger partial charge in [0.05, 0.1) is 24.1 Å². The van der Waals surface area contributed by atoms with E-state index in [0.29, 0.717) is 27.3 Å². The predicted octanol–water partition coefficient (Wildman–Crippen LogP) is 7.10. The first-order valence-corrected chi connectivity index (χ1v) is 14.5. The minimum Gasteiger partial charge on any atom is -0.479 e. The molecule has 1 atom stereocenters. The van der Waals surface area contributed by atoms with Crippen LogP contribution in [-0.4, -0.2) is 31.4 Å². The van der Waals surface area contributed by atoms with Gasteiger partial charge in [-0.25, -0.2) is 22.0 Å². The van der Waals surface area contributed by atoms with Crippen molar-refractivity contribution in [2.75, 3.05) is 10.6 Å². The van der Waals surface area contributed by atoms with Crippen LogP contribution in [0.3, 0.4) is 0 Å². The predicted molar refractivity (Wildman–Crippen MR) is 149 cm³/mol. The van der Waals surface area contributed by atoms with Crippen molar-refractivity contribution in [2.24, 2.45) is 0 Å². The fourth-order valence-electron chi connectivity index (χ4n) is 5.32. The van der Waals surface area contributed by atoms with E-state index in [0.717, 1.165) is 22.7 Å². The van der Waals surface area contributed by atoms with Crippen LogP contribution in [0.2, 0.25) is 5.02 Å². The summed E-state index contributed by atoms with van der Waals surface area (Å²) in [4.78, 5) is 12.7. The summed E-state index contributed by atoms with van der Waals surface area (Å²) < 4.78 is 63.7. The van der Waals surface area contributed by atoms with Crippen LogP contribution < -0.4 is 4.31 Å². The number of aliphatic carboxylic acids is 1. The quantitative estimate of drug-likeness (QED) is 0.350. The first kappa shape index (κ1) is 29.0. The summed E-state index contributed by atoms with van der Waals surface area (Å²) in [6.45, 7) is 9.75. The van der Waals surface area contributed by atoms with E-state index in [4.69, 9.17) is 16.3 Å². The Morgan fingerprint density at radius 2 is 1.64 bits per heavy atom. The zero-order chi connectivity index (χ0) is 29.2. The number of rotatable bonds is 5. The number of nitrogens with zero attached hydrogens (tertiary/aromatic N) is 1. The van der Waals surface area contributed by atoms with Gasteiger partial charge in [0.25, 0.3) is 0 Å². The van der Waals surface area contributed by atoms with E-state index in [2.05, 4.69) is 0 Å². The molecule has 0 fully saturated rings. The monoisotopic (exact) mass is 577 g/mol. The highest BCUT2D eigenvalue weighted by molar-refractivity contribution is 7.92. The Hall–Kier alpha value is -3.01. The van der Waals surface area contributed by atoms with E-state index in [1.54, 1.807) is 59.7 Å². The van der Waals surface area contributed by atoms with Crippen LogP contribution >= 0.6 is 11.6 Å². The maximum Gasteiger partial charge on any atom is 0.337 e. The highest BCUT2D eigenvalue weighted by Crippen LogP contribution is 2.52. The summed E-state index contributed by atoms with van der Waals surface area (Å²) in [5.74, 6) is -2.73. The van der Waals surface area contributed by atoms with Gasteiger partial charge in [0, 0.05) is 27.3 Å². The zero-order valence-corrected chi connectivity index (χ0v) is 24.3. The molecule has 3 aromatic rings. The number of carboxylic acids is 1. The maximum absolute atomic E-state index is 15.5. The molecule has 1 heterocycles. The molecule has 1 aliphatic heterocycles. The molecule has 0 unspecified atom stereocenters. The molecule has 39 heavy (non-hydrogen) atoms. The molecule has 208 valence electrons. The molecule has 0 aliphatic carbocycles. The molecular weight excluding hydrogens is 548 g/mol. The number of aryl methyl sites for hydroxylation is 1. The zero-order valence-electron chi connectivity index (χ0n) is 22.7. The molecule has 0 bridgehead atoms. The third-order valence-electron chi connectivity index (χ3n) is 6.84. The minimum atomic E-state index is -4.00. The number of hydrogen-bond acceptors (Lipinski definition) is 4. The number of carboxylic acid groups (broad SMARTS) is 1. The highest BCUT2D eigenvalue weighted by atomic mass is 35.5. The summed E-state index contributed by atoms with van der Waals surface area (Å²) in [7, 11) is -4.00. The summed E-state index contributed by atoms with van der Waals surface area (Å²) in [5, 5.41) is 10.8. The Labute approximate surface area is 232 Å². The summed E-state index contributed by atoms with van der Waals surface area (Å²) in [6.07, 6.45) is -0.524. The Morgan fingerprint density at radius 1 is 1.03 bits per heavy atom. The summed E-state index contributed by atoms with van der Waals surface area (Å²) in [6, 6.07) is 7.07. The third-order valence-corrected chi connectivity index (χ3v) is 8.18. The lowest BCUT2D eigenvalue weighted by atomic mass is 9.79. The molecule has 1 aliphatic rings. The average Bonchev–Trinajstić information content (AvgIpc) is 2.80. The van der Waals surface area contributed by atoms with Crippen LogP contribution in [0.25, 0.3) is 22.3 Å². The van der Waals surface area contributed by atoms with Gasteiger partial charge in [0.1, 0.15) is 11.6 Å². The van der Waals surface area contributed by atoms with Gasteiger partial charge in [-0.05, 0) is 93.6 Å². The lowest BCUT2D eigenvalue weighted by molar-refractivity contribution is -0.160. The van der Waals surface area contributed by atoms with E-state index in [1.165, 1.54) is 0 Å². The normalized spacial score (nSPS) is 14.2. The molecule has 0 spiro atoms. The van der Waals surface area contributed by atoms with Gasteiger partial charge < -0.3 is 9.84 Å². The fourth-order valence-corrected chi connectivity index (χ4v) is 6.47. The lowest BCUT2D eigenvalue weighted by Crippen LogP contribution is -2.35. The number of ether oxygens (including phenoxy) is 1. The first-order chi connectivity index (χ1) is 17.9. The first-order valence-electron chi connectivity index (χ1n) is 12.2. The van der Waals surface area contributed by atoms with E-state index in [-0.39, 0.29) is 33.5 Å².